The van der Waals surface area contributed by atoms with E-state index in [0.717, 1.165) is 19.4 Å². The second kappa shape index (κ2) is 6.93. The van der Waals surface area contributed by atoms with Crippen LogP contribution < -0.4 is 16.0 Å². The molecule has 0 unspecified atom stereocenters. The fraction of sp³-hybridized carbons (Fsp3) is 0.500. The first-order chi connectivity index (χ1) is 9.16. The van der Waals surface area contributed by atoms with Crippen molar-refractivity contribution in [3.05, 3.63) is 22.3 Å². The molecular weight excluding hydrogens is 287 g/mol. The van der Waals surface area contributed by atoms with E-state index in [1.165, 1.54) is 6.20 Å². The van der Waals surface area contributed by atoms with Crippen LogP contribution >= 0.6 is 23.2 Å². The van der Waals surface area contributed by atoms with Gasteiger partial charge in [-0.2, -0.15) is 0 Å². The zero-order chi connectivity index (χ0) is 13.7. The second-order valence-corrected chi connectivity index (χ2v) is 5.19. The minimum absolute atomic E-state index is 0.0442. The van der Waals surface area contributed by atoms with Crippen LogP contribution in [-0.4, -0.2) is 36.6 Å². The van der Waals surface area contributed by atoms with Gasteiger partial charge in [0.25, 0.3) is 0 Å². The van der Waals surface area contributed by atoms with Crippen molar-refractivity contribution in [2.24, 2.45) is 0 Å². The Morgan fingerprint density at radius 3 is 3.00 bits per heavy atom. The summed E-state index contributed by atoms with van der Waals surface area (Å²) in [4.78, 5) is 15.8. The molecule has 2 heterocycles. The highest BCUT2D eigenvalue weighted by molar-refractivity contribution is 6.35. The zero-order valence-corrected chi connectivity index (χ0v) is 11.9. The number of carbonyl (C=O) groups is 1. The highest BCUT2D eigenvalue weighted by atomic mass is 35.5. The summed E-state index contributed by atoms with van der Waals surface area (Å²) >= 11 is 11.7. The molecule has 2 rings (SSSR count). The van der Waals surface area contributed by atoms with Crippen molar-refractivity contribution >= 4 is 34.9 Å². The molecule has 0 aliphatic carbocycles. The van der Waals surface area contributed by atoms with Gasteiger partial charge in [-0.15, -0.1) is 0 Å². The molecule has 7 heteroatoms. The number of nitrogens with zero attached hydrogens (tertiary/aromatic N) is 1. The lowest BCUT2D eigenvalue weighted by Crippen LogP contribution is -2.42. The quantitative estimate of drug-likeness (QED) is 0.724. The number of rotatable bonds is 5. The Morgan fingerprint density at radius 1 is 1.47 bits per heavy atom. The molecule has 0 spiro atoms. The highest BCUT2D eigenvalue weighted by Crippen LogP contribution is 2.21. The Morgan fingerprint density at radius 2 is 2.32 bits per heavy atom. The summed E-state index contributed by atoms with van der Waals surface area (Å²) in [6, 6.07) is 1.58. The van der Waals surface area contributed by atoms with Crippen LogP contribution in [-0.2, 0) is 4.79 Å². The zero-order valence-electron chi connectivity index (χ0n) is 10.4. The molecule has 104 valence electrons. The van der Waals surface area contributed by atoms with Gasteiger partial charge in [0, 0.05) is 19.3 Å². The molecule has 1 aliphatic rings. The summed E-state index contributed by atoms with van der Waals surface area (Å²) in [6.45, 7) is 2.01. The second-order valence-electron chi connectivity index (χ2n) is 4.35. The average molecular weight is 303 g/mol. The number of aromatic nitrogens is 1. The first-order valence-corrected chi connectivity index (χ1v) is 6.98. The number of hydrogen-bond acceptors (Lipinski definition) is 4. The van der Waals surface area contributed by atoms with Crippen LogP contribution in [0.2, 0.25) is 10.0 Å². The molecule has 0 aromatic carbocycles. The minimum atomic E-state index is -0.0442. The number of carbonyl (C=O) groups excluding carboxylic acids is 1. The summed E-state index contributed by atoms with van der Waals surface area (Å²) in [7, 11) is 0. The molecule has 5 nitrogen and oxygen atoms in total. The van der Waals surface area contributed by atoms with Crippen molar-refractivity contribution in [3.63, 3.8) is 0 Å². The van der Waals surface area contributed by atoms with E-state index < -0.39 is 0 Å². The molecule has 1 amide bonds. The van der Waals surface area contributed by atoms with E-state index >= 15 is 0 Å². The summed E-state index contributed by atoms with van der Waals surface area (Å²) in [5, 5.41) is 10.0. The maximum Gasteiger partial charge on any atom is 0.237 e. The van der Waals surface area contributed by atoms with Gasteiger partial charge < -0.3 is 16.0 Å². The molecule has 0 saturated carbocycles. The molecule has 0 radical (unpaired) electrons. The number of halogens is 2. The third-order valence-corrected chi connectivity index (χ3v) is 3.40. The predicted molar refractivity (Wildman–Crippen MR) is 76.8 cm³/mol. The minimum Gasteiger partial charge on any atom is -0.367 e. The lowest BCUT2D eigenvalue weighted by atomic mass is 10.2. The molecule has 0 bridgehead atoms. The van der Waals surface area contributed by atoms with Gasteiger partial charge in [-0.1, -0.05) is 23.2 Å². The van der Waals surface area contributed by atoms with Gasteiger partial charge in [0.15, 0.2) is 0 Å². The van der Waals surface area contributed by atoms with E-state index in [1.54, 1.807) is 6.07 Å². The molecule has 1 atom stereocenters. The Labute approximate surface area is 122 Å². The standard InChI is InChI=1S/C12H16Cl2N4O/c13-8-6-9(14)11(18-7-8)16-4-5-17-12(19)10-2-1-3-15-10/h6-7,10,15H,1-5H2,(H,16,18)(H,17,19)/t10-/m0/s1. The van der Waals surface area contributed by atoms with Crippen LogP contribution in [0.5, 0.6) is 0 Å². The van der Waals surface area contributed by atoms with Crippen LogP contribution in [0.4, 0.5) is 5.82 Å². The van der Waals surface area contributed by atoms with Gasteiger partial charge in [0.1, 0.15) is 5.82 Å². The lowest BCUT2D eigenvalue weighted by Gasteiger charge is -2.12. The SMILES string of the molecule is O=C(NCCNc1ncc(Cl)cc1Cl)[C@@H]1CCCN1. The maximum absolute atomic E-state index is 11.7. The molecule has 1 fully saturated rings. The van der Waals surface area contributed by atoms with Crippen molar-refractivity contribution in [2.75, 3.05) is 25.0 Å². The molecule has 1 aromatic heterocycles. The van der Waals surface area contributed by atoms with Crippen molar-refractivity contribution in [3.8, 4) is 0 Å². The maximum atomic E-state index is 11.7. The van der Waals surface area contributed by atoms with Crippen molar-refractivity contribution in [2.45, 2.75) is 18.9 Å². The Hall–Kier alpha value is -1.04. The van der Waals surface area contributed by atoms with Crippen LogP contribution in [0, 0.1) is 0 Å². The normalized spacial score (nSPS) is 18.3. The van der Waals surface area contributed by atoms with Crippen molar-refractivity contribution < 1.29 is 4.79 Å². The highest BCUT2D eigenvalue weighted by Gasteiger charge is 2.21. The Balaban J connectivity index is 1.70. The third-order valence-electron chi connectivity index (χ3n) is 2.90. The number of hydrogen-bond donors (Lipinski definition) is 3. The predicted octanol–water partition coefficient (Wildman–Crippen LogP) is 1.67. The van der Waals surface area contributed by atoms with Crippen LogP contribution in [0.15, 0.2) is 12.3 Å². The number of amides is 1. The topological polar surface area (TPSA) is 66.0 Å². The fourth-order valence-corrected chi connectivity index (χ4v) is 2.39. The van der Waals surface area contributed by atoms with Gasteiger partial charge >= 0.3 is 0 Å². The van der Waals surface area contributed by atoms with Gasteiger partial charge in [-0.25, -0.2) is 4.98 Å². The first-order valence-electron chi connectivity index (χ1n) is 6.23. The van der Waals surface area contributed by atoms with E-state index in [2.05, 4.69) is 20.9 Å². The van der Waals surface area contributed by atoms with Crippen LogP contribution in [0.1, 0.15) is 12.8 Å². The van der Waals surface area contributed by atoms with Crippen LogP contribution in [0.25, 0.3) is 0 Å². The Kier molecular flexibility index (Phi) is 5.24. The van der Waals surface area contributed by atoms with E-state index in [0.29, 0.717) is 29.0 Å². The number of anilines is 1. The lowest BCUT2D eigenvalue weighted by molar-refractivity contribution is -0.122. The molecule has 1 saturated heterocycles. The summed E-state index contributed by atoms with van der Waals surface area (Å²) < 4.78 is 0. The molecular formula is C12H16Cl2N4O. The van der Waals surface area contributed by atoms with Crippen molar-refractivity contribution in [1.29, 1.82) is 0 Å². The Bertz CT molecular complexity index is 449. The summed E-state index contributed by atoms with van der Waals surface area (Å²) in [5.41, 5.74) is 0. The van der Waals surface area contributed by atoms with Gasteiger partial charge in [0.05, 0.1) is 16.1 Å². The van der Waals surface area contributed by atoms with Gasteiger partial charge in [0.2, 0.25) is 5.91 Å². The van der Waals surface area contributed by atoms with E-state index in [1.807, 2.05) is 0 Å². The average Bonchev–Trinajstić information content (AvgIpc) is 2.90. The number of nitrogens with one attached hydrogen (secondary N) is 3. The first kappa shape index (κ1) is 14.4. The number of pyridine rings is 1. The van der Waals surface area contributed by atoms with E-state index in [-0.39, 0.29) is 11.9 Å². The van der Waals surface area contributed by atoms with Gasteiger partial charge in [-0.05, 0) is 25.5 Å². The summed E-state index contributed by atoms with van der Waals surface area (Å²) in [5.74, 6) is 0.619. The van der Waals surface area contributed by atoms with E-state index in [9.17, 15) is 4.79 Å². The molecule has 19 heavy (non-hydrogen) atoms. The van der Waals surface area contributed by atoms with Gasteiger partial charge in [-0.3, -0.25) is 4.79 Å². The largest absolute Gasteiger partial charge is 0.367 e. The molecule has 1 aromatic rings. The third kappa shape index (κ3) is 4.23. The molecule has 3 N–H and O–H groups in total. The smallest absolute Gasteiger partial charge is 0.237 e. The summed E-state index contributed by atoms with van der Waals surface area (Å²) in [6.07, 6.45) is 3.49. The fourth-order valence-electron chi connectivity index (χ4n) is 1.94. The van der Waals surface area contributed by atoms with Crippen molar-refractivity contribution in [1.82, 2.24) is 15.6 Å². The molecule has 1 aliphatic heterocycles. The van der Waals surface area contributed by atoms with Crippen LogP contribution in [0.3, 0.4) is 0 Å². The van der Waals surface area contributed by atoms with E-state index in [4.69, 9.17) is 23.2 Å². The monoisotopic (exact) mass is 302 g/mol.